The van der Waals surface area contributed by atoms with Crippen LogP contribution in [0.3, 0.4) is 0 Å². The average molecular weight is 510 g/mol. The first kappa shape index (κ1) is 21.3. The Bertz CT molecular complexity index is 1970. The highest BCUT2D eigenvalue weighted by Gasteiger charge is 2.38. The van der Waals surface area contributed by atoms with Gasteiger partial charge in [-0.15, -0.1) is 20.4 Å². The SMILES string of the molecule is C[Si]1(C)c2ccccc2N(c2ccc(-c3nnc4c5nncn5c5ccccc5n34)cc2)c2ccccc21. The molecule has 0 N–H and O–H groups in total. The van der Waals surface area contributed by atoms with E-state index in [4.69, 9.17) is 0 Å². The molecular weight excluding hydrogens is 486 g/mol. The van der Waals surface area contributed by atoms with Gasteiger partial charge in [0.1, 0.15) is 14.4 Å². The lowest BCUT2D eigenvalue weighted by Gasteiger charge is -2.41. The monoisotopic (exact) mass is 509 g/mol. The molecule has 8 heteroatoms. The topological polar surface area (TPSA) is 63.6 Å². The van der Waals surface area contributed by atoms with Gasteiger partial charge >= 0.3 is 0 Å². The fraction of sp³-hybridized carbons (Fsp3) is 0.0667. The van der Waals surface area contributed by atoms with E-state index in [-0.39, 0.29) is 0 Å². The van der Waals surface area contributed by atoms with Crippen LogP contribution >= 0.6 is 0 Å². The minimum atomic E-state index is -1.81. The van der Waals surface area contributed by atoms with Gasteiger partial charge < -0.3 is 4.90 Å². The number of para-hydroxylation sites is 4. The van der Waals surface area contributed by atoms with E-state index in [1.165, 1.54) is 21.7 Å². The largest absolute Gasteiger partial charge is 0.311 e. The minimum Gasteiger partial charge on any atom is -0.311 e. The third-order valence-corrected chi connectivity index (χ3v) is 11.4. The first-order chi connectivity index (χ1) is 18.6. The quantitative estimate of drug-likeness (QED) is 0.300. The average Bonchev–Trinajstić information content (AvgIpc) is 3.62. The van der Waals surface area contributed by atoms with Crippen LogP contribution in [0, 0.1) is 0 Å². The van der Waals surface area contributed by atoms with Gasteiger partial charge in [-0.05, 0) is 58.9 Å². The van der Waals surface area contributed by atoms with Crippen LogP contribution in [0.15, 0.2) is 103 Å². The molecule has 7 nitrogen and oxygen atoms in total. The van der Waals surface area contributed by atoms with E-state index in [9.17, 15) is 0 Å². The summed E-state index contributed by atoms with van der Waals surface area (Å²) in [5.74, 6) is 0.779. The Balaban J connectivity index is 1.31. The number of fused-ring (bicyclic) bond motifs is 8. The molecule has 0 radical (unpaired) electrons. The number of aromatic nitrogens is 6. The second-order valence-corrected chi connectivity index (χ2v) is 14.6. The van der Waals surface area contributed by atoms with E-state index >= 15 is 0 Å². The van der Waals surface area contributed by atoms with Crippen molar-refractivity contribution in [3.8, 4) is 11.4 Å². The van der Waals surface area contributed by atoms with E-state index in [2.05, 4.69) is 128 Å². The van der Waals surface area contributed by atoms with Crippen molar-refractivity contribution in [2.75, 3.05) is 4.90 Å². The highest BCUT2D eigenvalue weighted by atomic mass is 28.3. The smallest absolute Gasteiger partial charge is 0.207 e. The lowest BCUT2D eigenvalue weighted by atomic mass is 10.1. The van der Waals surface area contributed by atoms with Gasteiger partial charge in [-0.2, -0.15) is 0 Å². The molecule has 7 aromatic rings. The molecule has 0 aliphatic carbocycles. The Kier molecular flexibility index (Phi) is 4.25. The van der Waals surface area contributed by atoms with Crippen molar-refractivity contribution in [1.82, 2.24) is 29.2 Å². The summed E-state index contributed by atoms with van der Waals surface area (Å²) >= 11 is 0. The van der Waals surface area contributed by atoms with Crippen LogP contribution in [0.4, 0.5) is 17.1 Å². The van der Waals surface area contributed by atoms with Gasteiger partial charge in [-0.1, -0.05) is 61.6 Å². The summed E-state index contributed by atoms with van der Waals surface area (Å²) in [6, 6.07) is 34.5. The van der Waals surface area contributed by atoms with Crippen LogP contribution in [0.5, 0.6) is 0 Å². The first-order valence-corrected chi connectivity index (χ1v) is 15.7. The maximum absolute atomic E-state index is 4.60. The third kappa shape index (κ3) is 2.77. The zero-order chi connectivity index (χ0) is 25.4. The zero-order valence-electron chi connectivity index (χ0n) is 20.9. The minimum absolute atomic E-state index is 0.686. The van der Waals surface area contributed by atoms with Crippen molar-refractivity contribution in [3.05, 3.63) is 103 Å². The molecule has 0 spiro atoms. The second kappa shape index (κ2) is 7.59. The second-order valence-electron chi connectivity index (χ2n) is 10.2. The Morgan fingerprint density at radius 1 is 0.605 bits per heavy atom. The predicted molar refractivity (Wildman–Crippen MR) is 154 cm³/mol. The van der Waals surface area contributed by atoms with Gasteiger partial charge in [0.25, 0.3) is 0 Å². The number of hydrogen-bond donors (Lipinski definition) is 0. The molecule has 0 fully saturated rings. The van der Waals surface area contributed by atoms with Crippen molar-refractivity contribution >= 4 is 57.8 Å². The molecule has 0 atom stereocenters. The van der Waals surface area contributed by atoms with Crippen molar-refractivity contribution in [2.24, 2.45) is 0 Å². The van der Waals surface area contributed by atoms with Crippen LogP contribution in [-0.4, -0.2) is 37.3 Å². The maximum atomic E-state index is 4.60. The number of hydrogen-bond acceptors (Lipinski definition) is 5. The molecule has 0 saturated carbocycles. The van der Waals surface area contributed by atoms with Crippen molar-refractivity contribution in [1.29, 1.82) is 0 Å². The molecule has 38 heavy (non-hydrogen) atoms. The standard InChI is InChI=1S/C30H23N7Si/c1-38(2)26-13-7-5-11-24(26)36(25-12-6-8-14-27(25)38)21-17-15-20(16-18-21)28-33-34-30-29-32-31-19-35(29)22-9-3-4-10-23(22)37(28)30/h3-19H,1-2H3. The fourth-order valence-electron chi connectivity index (χ4n) is 5.97. The van der Waals surface area contributed by atoms with E-state index in [1.807, 2.05) is 16.5 Å². The van der Waals surface area contributed by atoms with E-state index < -0.39 is 8.07 Å². The van der Waals surface area contributed by atoms with Gasteiger partial charge in [0.05, 0.1) is 11.0 Å². The molecule has 0 bridgehead atoms. The number of anilines is 3. The summed E-state index contributed by atoms with van der Waals surface area (Å²) in [7, 11) is -1.81. The summed E-state index contributed by atoms with van der Waals surface area (Å²) in [6.45, 7) is 4.89. The van der Waals surface area contributed by atoms with Gasteiger partial charge in [-0.25, -0.2) is 0 Å². The van der Waals surface area contributed by atoms with E-state index in [1.54, 1.807) is 6.33 Å². The molecule has 3 aromatic heterocycles. The summed E-state index contributed by atoms with van der Waals surface area (Å²) < 4.78 is 4.04. The van der Waals surface area contributed by atoms with Gasteiger partial charge in [0.2, 0.25) is 11.3 Å². The van der Waals surface area contributed by atoms with Crippen molar-refractivity contribution in [2.45, 2.75) is 13.1 Å². The third-order valence-electron chi connectivity index (χ3n) is 7.81. The van der Waals surface area contributed by atoms with E-state index in [0.29, 0.717) is 11.3 Å². The molecule has 1 aliphatic rings. The van der Waals surface area contributed by atoms with Gasteiger partial charge in [0.15, 0.2) is 5.82 Å². The Hall–Kier alpha value is -4.82. The summed E-state index contributed by atoms with van der Waals surface area (Å²) in [5, 5.41) is 20.5. The fourth-order valence-corrected chi connectivity index (χ4v) is 8.96. The van der Waals surface area contributed by atoms with Crippen LogP contribution in [0.25, 0.3) is 33.7 Å². The Labute approximate surface area is 219 Å². The molecule has 0 unspecified atom stereocenters. The van der Waals surface area contributed by atoms with Crippen LogP contribution in [0.1, 0.15) is 0 Å². The molecule has 8 rings (SSSR count). The molecule has 1 aliphatic heterocycles. The lowest BCUT2D eigenvalue weighted by Crippen LogP contribution is -2.58. The van der Waals surface area contributed by atoms with E-state index in [0.717, 1.165) is 28.1 Å². The first-order valence-electron chi connectivity index (χ1n) is 12.7. The summed E-state index contributed by atoms with van der Waals surface area (Å²) in [4.78, 5) is 2.39. The lowest BCUT2D eigenvalue weighted by molar-refractivity contribution is 1.10. The zero-order valence-corrected chi connectivity index (χ0v) is 21.9. The highest BCUT2D eigenvalue weighted by molar-refractivity contribution is 7.02. The van der Waals surface area contributed by atoms with Gasteiger partial charge in [-0.3, -0.25) is 8.80 Å². The molecular formula is C30H23N7Si. The normalized spacial score (nSPS) is 14.2. The van der Waals surface area contributed by atoms with Crippen LogP contribution in [-0.2, 0) is 0 Å². The maximum Gasteiger partial charge on any atom is 0.207 e. The number of rotatable bonds is 2. The van der Waals surface area contributed by atoms with Crippen molar-refractivity contribution < 1.29 is 0 Å². The molecule has 0 amide bonds. The van der Waals surface area contributed by atoms with Crippen LogP contribution < -0.4 is 15.3 Å². The molecule has 0 saturated heterocycles. The number of benzene rings is 4. The molecule has 4 aromatic carbocycles. The van der Waals surface area contributed by atoms with Crippen molar-refractivity contribution in [3.63, 3.8) is 0 Å². The Morgan fingerprint density at radius 2 is 1.24 bits per heavy atom. The predicted octanol–water partition coefficient (Wildman–Crippen LogP) is 5.20. The number of nitrogens with zero attached hydrogens (tertiary/aromatic N) is 7. The molecule has 182 valence electrons. The Morgan fingerprint density at radius 3 is 1.95 bits per heavy atom. The summed E-state index contributed by atoms with van der Waals surface area (Å²) in [5.41, 5.74) is 8.03. The highest BCUT2D eigenvalue weighted by Crippen LogP contribution is 2.38. The molecule has 4 heterocycles. The summed E-state index contributed by atoms with van der Waals surface area (Å²) in [6.07, 6.45) is 1.72. The van der Waals surface area contributed by atoms with Gasteiger partial charge in [0, 0.05) is 22.6 Å². The van der Waals surface area contributed by atoms with Crippen LogP contribution in [0.2, 0.25) is 13.1 Å².